The van der Waals surface area contributed by atoms with Gasteiger partial charge in [-0.2, -0.15) is 0 Å². The summed E-state index contributed by atoms with van der Waals surface area (Å²) in [5, 5.41) is 41.2. The van der Waals surface area contributed by atoms with Crippen LogP contribution in [-0.2, 0) is 22.7 Å². The molecule has 0 radical (unpaired) electrons. The summed E-state index contributed by atoms with van der Waals surface area (Å²) in [4.78, 5) is 0. The number of hydrogen-bond acceptors (Lipinski definition) is 4. The molecule has 0 aliphatic rings. The zero-order chi connectivity index (χ0) is 33.4. The predicted molar refractivity (Wildman–Crippen MR) is 184 cm³/mol. The van der Waals surface area contributed by atoms with E-state index in [1.807, 2.05) is 38.1 Å². The molecule has 6 heteroatoms. The fraction of sp³-hybridized carbons (Fsp3) is 0.368. The second-order valence-corrected chi connectivity index (χ2v) is 15.1. The average molecular weight is 638 g/mol. The zero-order valence-electron chi connectivity index (χ0n) is 27.5. The number of aryl methyl sites for hydroxylation is 2. The standard InChI is InChI=1S/C23H32O2.C15H14Cl2O2/c1-14-9-16(20(24)18(11-14)22(3,4)5)13-17-10-15(2)12-19(21(17)25)23(6,7)8;1-15(2,9-3-5-13(18)11(16)7-9)10-4-6-14(19)12(17)8-10/h9-12,24-25H,13H2,1-8H3;3-8,18-19H,1-2H3. The predicted octanol–water partition coefficient (Wildman–Crippen LogP) is 10.6. The Labute approximate surface area is 273 Å². The van der Waals surface area contributed by atoms with Gasteiger partial charge in [0.25, 0.3) is 0 Å². The van der Waals surface area contributed by atoms with E-state index in [0.717, 1.165) is 44.5 Å². The van der Waals surface area contributed by atoms with Crippen LogP contribution in [-0.4, -0.2) is 20.4 Å². The van der Waals surface area contributed by atoms with Crippen LogP contribution in [0.2, 0.25) is 10.0 Å². The molecular weight excluding hydrogens is 591 g/mol. The Bertz CT molecular complexity index is 1540. The summed E-state index contributed by atoms with van der Waals surface area (Å²) in [7, 11) is 0. The van der Waals surface area contributed by atoms with Crippen LogP contribution in [0.5, 0.6) is 23.0 Å². The molecule has 4 nitrogen and oxygen atoms in total. The van der Waals surface area contributed by atoms with E-state index in [1.165, 1.54) is 0 Å². The molecule has 4 rings (SSSR count). The lowest BCUT2D eigenvalue weighted by molar-refractivity contribution is 0.435. The van der Waals surface area contributed by atoms with Crippen LogP contribution in [0.4, 0.5) is 0 Å². The van der Waals surface area contributed by atoms with Gasteiger partial charge in [-0.1, -0.05) is 126 Å². The van der Waals surface area contributed by atoms with Gasteiger partial charge in [0.05, 0.1) is 10.0 Å². The van der Waals surface area contributed by atoms with Crippen molar-refractivity contribution in [1.82, 2.24) is 0 Å². The van der Waals surface area contributed by atoms with Crippen molar-refractivity contribution in [2.24, 2.45) is 0 Å². The van der Waals surface area contributed by atoms with E-state index < -0.39 is 0 Å². The summed E-state index contributed by atoms with van der Waals surface area (Å²) in [6.45, 7) is 20.8. The summed E-state index contributed by atoms with van der Waals surface area (Å²) in [6, 6.07) is 18.4. The fourth-order valence-corrected chi connectivity index (χ4v) is 5.64. The summed E-state index contributed by atoms with van der Waals surface area (Å²) < 4.78 is 0. The molecule has 0 atom stereocenters. The molecule has 0 fully saturated rings. The van der Waals surface area contributed by atoms with Crippen LogP contribution < -0.4 is 0 Å². The molecule has 44 heavy (non-hydrogen) atoms. The van der Waals surface area contributed by atoms with Crippen LogP contribution in [0.15, 0.2) is 60.7 Å². The Kier molecular flexibility index (Phi) is 10.3. The van der Waals surface area contributed by atoms with Gasteiger partial charge in [0.1, 0.15) is 23.0 Å². The molecule has 0 amide bonds. The van der Waals surface area contributed by atoms with Crippen LogP contribution in [0.1, 0.15) is 99.9 Å². The second kappa shape index (κ2) is 12.9. The van der Waals surface area contributed by atoms with Gasteiger partial charge >= 0.3 is 0 Å². The Balaban J connectivity index is 0.000000249. The second-order valence-electron chi connectivity index (χ2n) is 14.3. The van der Waals surface area contributed by atoms with E-state index in [0.29, 0.717) is 28.0 Å². The van der Waals surface area contributed by atoms with E-state index in [-0.39, 0.29) is 27.7 Å². The summed E-state index contributed by atoms with van der Waals surface area (Å²) in [5.41, 5.74) is 7.20. The first-order valence-corrected chi connectivity index (χ1v) is 15.5. The van der Waals surface area contributed by atoms with Gasteiger partial charge < -0.3 is 20.4 Å². The third-order valence-corrected chi connectivity index (χ3v) is 8.61. The number of aromatic hydroxyl groups is 4. The molecule has 4 aromatic carbocycles. The number of phenols is 4. The van der Waals surface area contributed by atoms with E-state index >= 15 is 0 Å². The van der Waals surface area contributed by atoms with Gasteiger partial charge in [-0.3, -0.25) is 0 Å². The molecule has 0 aliphatic heterocycles. The van der Waals surface area contributed by atoms with Gasteiger partial charge in [0.2, 0.25) is 0 Å². The first kappa shape index (κ1) is 35.1. The topological polar surface area (TPSA) is 80.9 Å². The van der Waals surface area contributed by atoms with Gasteiger partial charge in [-0.25, -0.2) is 0 Å². The highest BCUT2D eigenvalue weighted by Crippen LogP contribution is 2.40. The molecule has 236 valence electrons. The summed E-state index contributed by atoms with van der Waals surface area (Å²) >= 11 is 11.9. The monoisotopic (exact) mass is 636 g/mol. The minimum Gasteiger partial charge on any atom is -0.507 e. The van der Waals surface area contributed by atoms with Gasteiger partial charge in [0, 0.05) is 11.8 Å². The number of benzene rings is 4. The van der Waals surface area contributed by atoms with Crippen LogP contribution in [0, 0.1) is 13.8 Å². The SMILES string of the molecule is CC(C)(c1ccc(O)c(Cl)c1)c1ccc(O)c(Cl)c1.Cc1cc(Cc2cc(C)cc(C(C)(C)C)c2O)c(O)c(C(C)(C)C)c1. The van der Waals surface area contributed by atoms with Crippen molar-refractivity contribution in [3.63, 3.8) is 0 Å². The van der Waals surface area contributed by atoms with Gasteiger partial charge in [-0.05, 0) is 82.3 Å². The summed E-state index contributed by atoms with van der Waals surface area (Å²) in [6.07, 6.45) is 0.521. The lowest BCUT2D eigenvalue weighted by atomic mass is 9.78. The smallest absolute Gasteiger partial charge is 0.134 e. The third kappa shape index (κ3) is 8.02. The Hall–Kier alpha value is -3.34. The Morgan fingerprint density at radius 3 is 1.16 bits per heavy atom. The molecule has 4 aromatic rings. The van der Waals surface area contributed by atoms with Crippen LogP contribution >= 0.6 is 23.2 Å². The Morgan fingerprint density at radius 1 is 0.523 bits per heavy atom. The Morgan fingerprint density at radius 2 is 0.864 bits per heavy atom. The zero-order valence-corrected chi connectivity index (χ0v) is 29.0. The van der Waals surface area contributed by atoms with Gasteiger partial charge in [0.15, 0.2) is 0 Å². The van der Waals surface area contributed by atoms with E-state index in [1.54, 1.807) is 24.3 Å². The van der Waals surface area contributed by atoms with E-state index in [4.69, 9.17) is 23.2 Å². The number of hydrogen-bond donors (Lipinski definition) is 4. The van der Waals surface area contributed by atoms with Crippen molar-refractivity contribution in [3.8, 4) is 23.0 Å². The first-order chi connectivity index (χ1) is 20.1. The average Bonchev–Trinajstić information content (AvgIpc) is 2.90. The van der Waals surface area contributed by atoms with Crippen molar-refractivity contribution in [1.29, 1.82) is 0 Å². The van der Waals surface area contributed by atoms with Crippen molar-refractivity contribution >= 4 is 23.2 Å². The number of phenolic OH excluding ortho intramolecular Hbond substituents is 4. The molecule has 4 N–H and O–H groups in total. The maximum Gasteiger partial charge on any atom is 0.134 e. The first-order valence-electron chi connectivity index (χ1n) is 14.8. The molecule has 0 bridgehead atoms. The summed E-state index contributed by atoms with van der Waals surface area (Å²) in [5.74, 6) is 0.808. The molecule has 0 heterocycles. The highest BCUT2D eigenvalue weighted by Gasteiger charge is 2.26. The van der Waals surface area contributed by atoms with Crippen molar-refractivity contribution in [3.05, 3.63) is 115 Å². The molecule has 0 aromatic heterocycles. The quantitative estimate of drug-likeness (QED) is 0.180. The molecular formula is C38H46Cl2O4. The van der Waals surface area contributed by atoms with E-state index in [9.17, 15) is 20.4 Å². The minimum absolute atomic E-state index is 0.0601. The minimum atomic E-state index is -0.339. The lowest BCUT2D eigenvalue weighted by Crippen LogP contribution is -2.18. The largest absolute Gasteiger partial charge is 0.507 e. The van der Waals surface area contributed by atoms with Crippen molar-refractivity contribution in [2.75, 3.05) is 0 Å². The molecule has 0 saturated heterocycles. The fourth-order valence-electron chi connectivity index (χ4n) is 5.28. The third-order valence-electron chi connectivity index (χ3n) is 8.00. The molecule has 0 spiro atoms. The van der Waals surface area contributed by atoms with Gasteiger partial charge in [-0.15, -0.1) is 0 Å². The van der Waals surface area contributed by atoms with Crippen molar-refractivity contribution < 1.29 is 20.4 Å². The number of rotatable bonds is 4. The normalized spacial score (nSPS) is 12.1. The lowest BCUT2D eigenvalue weighted by Gasteiger charge is -2.26. The number of halogens is 2. The highest BCUT2D eigenvalue weighted by atomic mass is 35.5. The molecule has 0 aliphatic carbocycles. The maximum atomic E-state index is 10.8. The van der Waals surface area contributed by atoms with Crippen LogP contribution in [0.3, 0.4) is 0 Å². The maximum absolute atomic E-state index is 10.8. The van der Waals surface area contributed by atoms with E-state index in [2.05, 4.69) is 67.5 Å². The highest BCUT2D eigenvalue weighted by molar-refractivity contribution is 6.32. The van der Waals surface area contributed by atoms with Crippen molar-refractivity contribution in [2.45, 2.75) is 91.9 Å². The van der Waals surface area contributed by atoms with Crippen LogP contribution in [0.25, 0.3) is 0 Å². The molecule has 0 unspecified atom stereocenters. The molecule has 0 saturated carbocycles.